The molecule has 0 saturated carbocycles. The van der Waals surface area contributed by atoms with Crippen LogP contribution in [0.5, 0.6) is 0 Å². The summed E-state index contributed by atoms with van der Waals surface area (Å²) in [4.78, 5) is 37.8. The van der Waals surface area contributed by atoms with E-state index >= 15 is 0 Å². The molecule has 0 bridgehead atoms. The van der Waals surface area contributed by atoms with Crippen molar-refractivity contribution in [2.45, 2.75) is 46.3 Å². The Morgan fingerprint density at radius 2 is 1.90 bits per heavy atom. The van der Waals surface area contributed by atoms with E-state index in [0.29, 0.717) is 5.69 Å². The van der Waals surface area contributed by atoms with Gasteiger partial charge < -0.3 is 15.0 Å². The molecular formula is C14H20N2O4. The molecule has 0 aromatic carbocycles. The zero-order chi connectivity index (χ0) is 15.5. The number of hydrogen-bond acceptors (Lipinski definition) is 4. The molecule has 1 amide bonds. The number of H-pyrrole nitrogens is 1. The molecule has 110 valence electrons. The Kier molecular flexibility index (Phi) is 4.70. The highest BCUT2D eigenvalue weighted by atomic mass is 16.6. The second-order valence-electron chi connectivity index (χ2n) is 5.61. The van der Waals surface area contributed by atoms with E-state index in [1.165, 1.54) is 13.0 Å². The average Bonchev–Trinajstić information content (AvgIpc) is 2.26. The second-order valence-corrected chi connectivity index (χ2v) is 5.61. The summed E-state index contributed by atoms with van der Waals surface area (Å²) >= 11 is 0. The van der Waals surface area contributed by atoms with Gasteiger partial charge in [-0.1, -0.05) is 0 Å². The van der Waals surface area contributed by atoms with Gasteiger partial charge in [-0.3, -0.25) is 9.59 Å². The SMILES string of the molecule is Cc1ccc(C(=O)N[C@@H](C)C(=O)OC(C)(C)C)c(=O)[nH]1. The Bertz CT molecular complexity index is 569. The van der Waals surface area contributed by atoms with Crippen LogP contribution >= 0.6 is 0 Å². The molecule has 1 heterocycles. The predicted molar refractivity (Wildman–Crippen MR) is 74.6 cm³/mol. The lowest BCUT2D eigenvalue weighted by Gasteiger charge is -2.22. The molecule has 6 heteroatoms. The minimum atomic E-state index is -0.831. The molecule has 0 saturated heterocycles. The van der Waals surface area contributed by atoms with Crippen LogP contribution in [0.25, 0.3) is 0 Å². The average molecular weight is 280 g/mol. The van der Waals surface area contributed by atoms with Crippen LogP contribution in [-0.4, -0.2) is 28.5 Å². The molecule has 1 aromatic heterocycles. The van der Waals surface area contributed by atoms with Crippen LogP contribution in [0.3, 0.4) is 0 Å². The van der Waals surface area contributed by atoms with E-state index in [-0.39, 0.29) is 5.56 Å². The van der Waals surface area contributed by atoms with Crippen LogP contribution in [0.15, 0.2) is 16.9 Å². The highest BCUT2D eigenvalue weighted by molar-refractivity contribution is 5.96. The van der Waals surface area contributed by atoms with Crippen molar-refractivity contribution in [3.63, 3.8) is 0 Å². The van der Waals surface area contributed by atoms with Gasteiger partial charge in [0.15, 0.2) is 0 Å². The number of amides is 1. The monoisotopic (exact) mass is 280 g/mol. The third-order valence-electron chi connectivity index (χ3n) is 2.41. The lowest BCUT2D eigenvalue weighted by Crippen LogP contribution is -2.43. The van der Waals surface area contributed by atoms with Gasteiger partial charge in [-0.25, -0.2) is 4.79 Å². The molecule has 0 radical (unpaired) electrons. The molecule has 0 unspecified atom stereocenters. The number of hydrogen-bond donors (Lipinski definition) is 2. The van der Waals surface area contributed by atoms with Gasteiger partial charge in [0.2, 0.25) is 0 Å². The second kappa shape index (κ2) is 5.90. The van der Waals surface area contributed by atoms with Gasteiger partial charge in [0.05, 0.1) is 0 Å². The summed E-state index contributed by atoms with van der Waals surface area (Å²) in [6.07, 6.45) is 0. The van der Waals surface area contributed by atoms with E-state index in [4.69, 9.17) is 4.74 Å². The molecule has 2 N–H and O–H groups in total. The van der Waals surface area contributed by atoms with Crippen LogP contribution in [0.1, 0.15) is 43.7 Å². The Morgan fingerprint density at radius 1 is 1.30 bits per heavy atom. The summed E-state index contributed by atoms with van der Waals surface area (Å²) in [5, 5.41) is 2.45. The molecule has 0 aliphatic heterocycles. The van der Waals surface area contributed by atoms with Crippen molar-refractivity contribution < 1.29 is 14.3 Å². The maximum Gasteiger partial charge on any atom is 0.328 e. The van der Waals surface area contributed by atoms with Gasteiger partial charge in [-0.15, -0.1) is 0 Å². The molecule has 6 nitrogen and oxygen atoms in total. The number of carbonyl (C=O) groups is 2. The molecule has 0 aliphatic carbocycles. The maximum atomic E-state index is 11.9. The van der Waals surface area contributed by atoms with Crippen molar-refractivity contribution in [2.75, 3.05) is 0 Å². The smallest absolute Gasteiger partial charge is 0.328 e. The zero-order valence-corrected chi connectivity index (χ0v) is 12.4. The predicted octanol–water partition coefficient (Wildman–Crippen LogP) is 1.14. The summed E-state index contributed by atoms with van der Waals surface area (Å²) in [5.74, 6) is -1.15. The number of esters is 1. The molecule has 1 rings (SSSR count). The molecule has 0 fully saturated rings. The highest BCUT2D eigenvalue weighted by Crippen LogP contribution is 2.08. The van der Waals surface area contributed by atoms with Crippen LogP contribution in [0.2, 0.25) is 0 Å². The van der Waals surface area contributed by atoms with Gasteiger partial charge >= 0.3 is 5.97 Å². The summed E-state index contributed by atoms with van der Waals surface area (Å²) < 4.78 is 5.15. The van der Waals surface area contributed by atoms with Crippen molar-refractivity contribution in [1.82, 2.24) is 10.3 Å². The Hall–Kier alpha value is -2.11. The van der Waals surface area contributed by atoms with Crippen LogP contribution < -0.4 is 10.9 Å². The van der Waals surface area contributed by atoms with Gasteiger partial charge in [-0.2, -0.15) is 0 Å². The van der Waals surface area contributed by atoms with E-state index in [2.05, 4.69) is 10.3 Å². The van der Waals surface area contributed by atoms with E-state index in [1.807, 2.05) is 0 Å². The van der Waals surface area contributed by atoms with Crippen molar-refractivity contribution in [3.05, 3.63) is 33.7 Å². The fourth-order valence-corrected chi connectivity index (χ4v) is 1.47. The van der Waals surface area contributed by atoms with E-state index in [0.717, 1.165) is 0 Å². The molecule has 0 spiro atoms. The summed E-state index contributed by atoms with van der Waals surface area (Å²) in [5.41, 5.74) is -0.492. The lowest BCUT2D eigenvalue weighted by atomic mass is 10.2. The topological polar surface area (TPSA) is 88.3 Å². The summed E-state index contributed by atoms with van der Waals surface area (Å²) in [6.45, 7) is 8.44. The highest BCUT2D eigenvalue weighted by Gasteiger charge is 2.24. The third kappa shape index (κ3) is 4.53. The van der Waals surface area contributed by atoms with Gasteiger partial charge in [0, 0.05) is 5.69 Å². The maximum absolute atomic E-state index is 11.9. The Balaban J connectivity index is 2.75. The minimum Gasteiger partial charge on any atom is -0.458 e. The fourth-order valence-electron chi connectivity index (χ4n) is 1.47. The standard InChI is InChI=1S/C14H20N2O4/c1-8-6-7-10(11(17)15-8)12(18)16-9(2)13(19)20-14(3,4)5/h6-7,9H,1-5H3,(H,15,17)(H,16,18)/t9-/m0/s1. The Morgan fingerprint density at radius 3 is 2.40 bits per heavy atom. The van der Waals surface area contributed by atoms with E-state index in [1.54, 1.807) is 33.8 Å². The number of aryl methyl sites for hydroxylation is 1. The number of nitrogens with one attached hydrogen (secondary N) is 2. The van der Waals surface area contributed by atoms with Crippen molar-refractivity contribution in [1.29, 1.82) is 0 Å². The minimum absolute atomic E-state index is 0.0361. The molecule has 0 aliphatic rings. The zero-order valence-electron chi connectivity index (χ0n) is 12.4. The number of aromatic amines is 1. The third-order valence-corrected chi connectivity index (χ3v) is 2.41. The first-order valence-electron chi connectivity index (χ1n) is 6.34. The number of rotatable bonds is 3. The fraction of sp³-hybridized carbons (Fsp3) is 0.500. The molecule has 1 aromatic rings. The first-order valence-corrected chi connectivity index (χ1v) is 6.34. The molecule has 20 heavy (non-hydrogen) atoms. The normalized spacial score (nSPS) is 12.7. The van der Waals surface area contributed by atoms with E-state index in [9.17, 15) is 14.4 Å². The van der Waals surface area contributed by atoms with Crippen LogP contribution in [0.4, 0.5) is 0 Å². The van der Waals surface area contributed by atoms with Gasteiger partial charge in [0.25, 0.3) is 11.5 Å². The number of carbonyl (C=O) groups excluding carboxylic acids is 2. The first-order chi connectivity index (χ1) is 9.10. The Labute approximate surface area is 117 Å². The number of pyridine rings is 1. The van der Waals surface area contributed by atoms with E-state index < -0.39 is 29.1 Å². The van der Waals surface area contributed by atoms with Crippen molar-refractivity contribution in [2.24, 2.45) is 0 Å². The molecular weight excluding hydrogens is 260 g/mol. The van der Waals surface area contributed by atoms with Crippen molar-refractivity contribution >= 4 is 11.9 Å². The summed E-state index contributed by atoms with van der Waals surface area (Å²) in [7, 11) is 0. The molecule has 1 atom stereocenters. The number of aromatic nitrogens is 1. The first kappa shape index (κ1) is 15.9. The number of ether oxygens (including phenoxy) is 1. The van der Waals surface area contributed by atoms with Crippen LogP contribution in [0, 0.1) is 6.92 Å². The lowest BCUT2D eigenvalue weighted by molar-refractivity contribution is -0.156. The quantitative estimate of drug-likeness (QED) is 0.813. The summed E-state index contributed by atoms with van der Waals surface area (Å²) in [6, 6.07) is 2.21. The largest absolute Gasteiger partial charge is 0.458 e. The van der Waals surface area contributed by atoms with Crippen LogP contribution in [-0.2, 0) is 9.53 Å². The van der Waals surface area contributed by atoms with Gasteiger partial charge in [0.1, 0.15) is 17.2 Å². The van der Waals surface area contributed by atoms with Gasteiger partial charge in [-0.05, 0) is 46.8 Å². The van der Waals surface area contributed by atoms with Crippen molar-refractivity contribution in [3.8, 4) is 0 Å².